The third-order valence-electron chi connectivity index (χ3n) is 3.84. The summed E-state index contributed by atoms with van der Waals surface area (Å²) >= 11 is 0. The highest BCUT2D eigenvalue weighted by atomic mass is 16.3. The minimum Gasteiger partial charge on any atom is -0.395 e. The Hall–Kier alpha value is -0.900. The fourth-order valence-electron chi connectivity index (χ4n) is 2.63. The standard InChI is InChI=1S/C15H24N2O/c1-12-3-4-13(2)14(9-12)10-15(11-18)17-7-5-16-6-8-17/h3-4,9,15-16,18H,5-8,10-11H2,1-2H3. The predicted octanol–water partition coefficient (Wildman–Crippen LogP) is 1.11. The van der Waals surface area contributed by atoms with Gasteiger partial charge in [-0.2, -0.15) is 0 Å². The quantitative estimate of drug-likeness (QED) is 0.838. The second-order valence-corrected chi connectivity index (χ2v) is 5.26. The van der Waals surface area contributed by atoms with Gasteiger partial charge in [-0.1, -0.05) is 23.8 Å². The zero-order valence-corrected chi connectivity index (χ0v) is 11.4. The Bertz CT molecular complexity index is 386. The molecule has 1 aliphatic rings. The molecule has 0 radical (unpaired) electrons. The predicted molar refractivity (Wildman–Crippen MR) is 74.9 cm³/mol. The molecule has 1 atom stereocenters. The van der Waals surface area contributed by atoms with Gasteiger partial charge in [0.15, 0.2) is 0 Å². The lowest BCUT2D eigenvalue weighted by atomic mass is 9.98. The fraction of sp³-hybridized carbons (Fsp3) is 0.600. The van der Waals surface area contributed by atoms with Gasteiger partial charge >= 0.3 is 0 Å². The van der Waals surface area contributed by atoms with Crippen LogP contribution < -0.4 is 5.32 Å². The van der Waals surface area contributed by atoms with Crippen molar-refractivity contribution in [3.05, 3.63) is 34.9 Å². The normalized spacial score (nSPS) is 18.8. The first-order valence-corrected chi connectivity index (χ1v) is 6.82. The van der Waals surface area contributed by atoms with Crippen molar-refractivity contribution in [1.82, 2.24) is 10.2 Å². The second-order valence-electron chi connectivity index (χ2n) is 5.26. The molecule has 100 valence electrons. The molecule has 3 nitrogen and oxygen atoms in total. The first kappa shape index (κ1) is 13.5. The Morgan fingerprint density at radius 3 is 2.67 bits per heavy atom. The van der Waals surface area contributed by atoms with Crippen LogP contribution in [0, 0.1) is 13.8 Å². The van der Waals surface area contributed by atoms with Crippen LogP contribution in [0.4, 0.5) is 0 Å². The fourth-order valence-corrected chi connectivity index (χ4v) is 2.63. The summed E-state index contributed by atoms with van der Waals surface area (Å²) in [5, 5.41) is 13.0. The molecule has 0 saturated carbocycles. The summed E-state index contributed by atoms with van der Waals surface area (Å²) in [6.45, 7) is 8.66. The molecular formula is C15H24N2O. The third-order valence-corrected chi connectivity index (χ3v) is 3.84. The van der Waals surface area contributed by atoms with Gasteiger partial charge in [-0.15, -0.1) is 0 Å². The van der Waals surface area contributed by atoms with E-state index in [1.807, 2.05) is 0 Å². The Labute approximate surface area is 110 Å². The molecule has 0 spiro atoms. The molecule has 2 N–H and O–H groups in total. The van der Waals surface area contributed by atoms with E-state index >= 15 is 0 Å². The van der Waals surface area contributed by atoms with E-state index in [2.05, 4.69) is 42.3 Å². The van der Waals surface area contributed by atoms with Gasteiger partial charge in [0.05, 0.1) is 6.61 Å². The van der Waals surface area contributed by atoms with E-state index in [1.165, 1.54) is 16.7 Å². The van der Waals surface area contributed by atoms with Crippen LogP contribution in [0.15, 0.2) is 18.2 Å². The molecule has 2 rings (SSSR count). The zero-order valence-electron chi connectivity index (χ0n) is 11.4. The second kappa shape index (κ2) is 6.32. The van der Waals surface area contributed by atoms with Gasteiger partial charge in [-0.05, 0) is 31.4 Å². The number of aliphatic hydroxyl groups is 1. The van der Waals surface area contributed by atoms with Crippen molar-refractivity contribution in [3.63, 3.8) is 0 Å². The first-order chi connectivity index (χ1) is 8.70. The van der Waals surface area contributed by atoms with E-state index in [4.69, 9.17) is 0 Å². The average Bonchev–Trinajstić information content (AvgIpc) is 2.41. The summed E-state index contributed by atoms with van der Waals surface area (Å²) in [5.41, 5.74) is 3.99. The third kappa shape index (κ3) is 3.31. The maximum absolute atomic E-state index is 9.64. The number of nitrogens with zero attached hydrogens (tertiary/aromatic N) is 1. The number of aryl methyl sites for hydroxylation is 2. The summed E-state index contributed by atoms with van der Waals surface area (Å²) in [6, 6.07) is 6.84. The van der Waals surface area contributed by atoms with Crippen LogP contribution in [0.25, 0.3) is 0 Å². The Morgan fingerprint density at radius 1 is 1.28 bits per heavy atom. The number of benzene rings is 1. The molecule has 1 aliphatic heterocycles. The number of aliphatic hydroxyl groups excluding tert-OH is 1. The molecule has 1 aromatic carbocycles. The molecule has 0 aliphatic carbocycles. The van der Waals surface area contributed by atoms with Crippen LogP contribution in [0.5, 0.6) is 0 Å². The molecular weight excluding hydrogens is 224 g/mol. The van der Waals surface area contributed by atoms with Crippen LogP contribution >= 0.6 is 0 Å². The summed E-state index contributed by atoms with van der Waals surface area (Å²) in [6.07, 6.45) is 0.948. The van der Waals surface area contributed by atoms with Crippen molar-refractivity contribution in [1.29, 1.82) is 0 Å². The number of hydrogen-bond acceptors (Lipinski definition) is 3. The Kier molecular flexibility index (Phi) is 4.75. The van der Waals surface area contributed by atoms with E-state index in [-0.39, 0.29) is 12.6 Å². The molecule has 3 heteroatoms. The van der Waals surface area contributed by atoms with Crippen molar-refractivity contribution in [2.45, 2.75) is 26.3 Å². The van der Waals surface area contributed by atoms with Crippen molar-refractivity contribution in [2.75, 3.05) is 32.8 Å². The van der Waals surface area contributed by atoms with Gasteiger partial charge in [0, 0.05) is 32.2 Å². The lowest BCUT2D eigenvalue weighted by molar-refractivity contribution is 0.110. The molecule has 0 bridgehead atoms. The van der Waals surface area contributed by atoms with Gasteiger partial charge in [-0.25, -0.2) is 0 Å². The van der Waals surface area contributed by atoms with Crippen molar-refractivity contribution in [2.24, 2.45) is 0 Å². The van der Waals surface area contributed by atoms with Crippen LogP contribution in [0.2, 0.25) is 0 Å². The molecule has 1 aromatic rings. The van der Waals surface area contributed by atoms with E-state index in [1.54, 1.807) is 0 Å². The molecule has 1 heterocycles. The average molecular weight is 248 g/mol. The highest BCUT2D eigenvalue weighted by Gasteiger charge is 2.20. The number of piperazine rings is 1. The highest BCUT2D eigenvalue weighted by Crippen LogP contribution is 2.15. The molecule has 18 heavy (non-hydrogen) atoms. The summed E-state index contributed by atoms with van der Waals surface area (Å²) in [5.74, 6) is 0. The lowest BCUT2D eigenvalue weighted by Gasteiger charge is -2.34. The van der Waals surface area contributed by atoms with E-state index in [0.717, 1.165) is 32.6 Å². The number of rotatable bonds is 4. The van der Waals surface area contributed by atoms with Gasteiger partial charge in [-0.3, -0.25) is 4.90 Å². The van der Waals surface area contributed by atoms with Crippen LogP contribution in [-0.4, -0.2) is 48.8 Å². The van der Waals surface area contributed by atoms with Crippen LogP contribution in [0.1, 0.15) is 16.7 Å². The number of hydrogen-bond donors (Lipinski definition) is 2. The maximum atomic E-state index is 9.64. The van der Waals surface area contributed by atoms with Crippen LogP contribution in [0.3, 0.4) is 0 Å². The van der Waals surface area contributed by atoms with Gasteiger partial charge in [0.2, 0.25) is 0 Å². The number of nitrogens with one attached hydrogen (secondary N) is 1. The van der Waals surface area contributed by atoms with Crippen molar-refractivity contribution < 1.29 is 5.11 Å². The molecule has 0 amide bonds. The topological polar surface area (TPSA) is 35.5 Å². The zero-order chi connectivity index (χ0) is 13.0. The van der Waals surface area contributed by atoms with Gasteiger partial charge in [0.1, 0.15) is 0 Å². The van der Waals surface area contributed by atoms with E-state index in [0.29, 0.717) is 0 Å². The van der Waals surface area contributed by atoms with E-state index in [9.17, 15) is 5.11 Å². The molecule has 1 saturated heterocycles. The Balaban J connectivity index is 2.06. The maximum Gasteiger partial charge on any atom is 0.0590 e. The minimum absolute atomic E-state index is 0.243. The van der Waals surface area contributed by atoms with Gasteiger partial charge in [0.25, 0.3) is 0 Å². The lowest BCUT2D eigenvalue weighted by Crippen LogP contribution is -2.50. The molecule has 0 aromatic heterocycles. The van der Waals surface area contributed by atoms with Crippen LogP contribution in [-0.2, 0) is 6.42 Å². The minimum atomic E-state index is 0.243. The molecule has 1 unspecified atom stereocenters. The monoisotopic (exact) mass is 248 g/mol. The Morgan fingerprint density at radius 2 is 2.00 bits per heavy atom. The smallest absolute Gasteiger partial charge is 0.0590 e. The summed E-state index contributed by atoms with van der Waals surface area (Å²) in [7, 11) is 0. The van der Waals surface area contributed by atoms with Crippen molar-refractivity contribution in [3.8, 4) is 0 Å². The molecule has 1 fully saturated rings. The summed E-state index contributed by atoms with van der Waals surface area (Å²) in [4.78, 5) is 2.40. The highest BCUT2D eigenvalue weighted by molar-refractivity contribution is 5.31. The largest absolute Gasteiger partial charge is 0.395 e. The summed E-state index contributed by atoms with van der Waals surface area (Å²) < 4.78 is 0. The van der Waals surface area contributed by atoms with E-state index < -0.39 is 0 Å². The van der Waals surface area contributed by atoms with Gasteiger partial charge < -0.3 is 10.4 Å². The van der Waals surface area contributed by atoms with Crippen molar-refractivity contribution >= 4 is 0 Å². The SMILES string of the molecule is Cc1ccc(C)c(CC(CO)N2CCNCC2)c1. The first-order valence-electron chi connectivity index (χ1n) is 6.82.